The Hall–Kier alpha value is 0.511. The van der Waals surface area contributed by atoms with Crippen molar-refractivity contribution in [1.29, 1.82) is 0 Å². The molecule has 3 rings (SSSR count). The summed E-state index contributed by atoms with van der Waals surface area (Å²) in [6.45, 7) is 14.1. The molecule has 0 spiro atoms. The van der Waals surface area contributed by atoms with Crippen LogP contribution in [0.2, 0.25) is 18.6 Å². The summed E-state index contributed by atoms with van der Waals surface area (Å²) in [7, 11) is 11.5. The third kappa shape index (κ3) is 7.00. The van der Waals surface area contributed by atoms with E-state index in [-0.39, 0.29) is 13.0 Å². The molecule has 4 nitrogen and oxygen atoms in total. The summed E-state index contributed by atoms with van der Waals surface area (Å²) >= 11 is -0.556. The summed E-state index contributed by atoms with van der Waals surface area (Å²) in [5.41, 5.74) is 0.685. The van der Waals surface area contributed by atoms with Crippen LogP contribution in [0, 0.1) is 19.3 Å². The van der Waals surface area contributed by atoms with Gasteiger partial charge in [-0.1, -0.05) is 47.6 Å². The van der Waals surface area contributed by atoms with Crippen LogP contribution in [0.5, 0.6) is 0 Å². The molecule has 0 aromatic carbocycles. The third-order valence-corrected chi connectivity index (χ3v) is 10.0. The SMILES string of the molecule is COC1=CC2C(C=C1OC)C([Si](C)(C)[N-]C(C)(C)C)CC2N1CCCC1.[CH3-].[Cl][Ti][Cl]. The Morgan fingerprint density at radius 2 is 1.50 bits per heavy atom. The Kier molecular flexibility index (Phi) is 11.5. The van der Waals surface area contributed by atoms with Gasteiger partial charge < -0.3 is 21.9 Å². The first kappa shape index (κ1) is 28.5. The van der Waals surface area contributed by atoms with E-state index in [1.807, 2.05) is 0 Å². The molecular weight excluding hydrogens is 471 g/mol. The van der Waals surface area contributed by atoms with E-state index in [1.165, 1.54) is 32.4 Å². The van der Waals surface area contributed by atoms with Crippen LogP contribution in [0.1, 0.15) is 40.0 Å². The van der Waals surface area contributed by atoms with Crippen LogP contribution in [0.4, 0.5) is 0 Å². The van der Waals surface area contributed by atoms with Crippen molar-refractivity contribution in [2.24, 2.45) is 11.8 Å². The molecule has 0 aromatic rings. The molecule has 0 radical (unpaired) electrons. The number of rotatable bonds is 5. The fourth-order valence-electron chi connectivity index (χ4n) is 5.57. The first-order valence-electron chi connectivity index (χ1n) is 10.5. The van der Waals surface area contributed by atoms with Crippen LogP contribution in [0.25, 0.3) is 4.98 Å². The van der Waals surface area contributed by atoms with Crippen molar-refractivity contribution in [2.75, 3.05) is 27.3 Å². The van der Waals surface area contributed by atoms with Crippen LogP contribution >= 0.6 is 18.6 Å². The molecule has 0 bridgehead atoms. The predicted molar refractivity (Wildman–Crippen MR) is 129 cm³/mol. The van der Waals surface area contributed by atoms with Crippen molar-refractivity contribution in [3.8, 4) is 0 Å². The molecule has 0 amide bonds. The molecule has 174 valence electrons. The second kappa shape index (κ2) is 12.1. The van der Waals surface area contributed by atoms with Crippen molar-refractivity contribution in [3.63, 3.8) is 0 Å². The predicted octanol–water partition coefficient (Wildman–Crippen LogP) is 6.74. The van der Waals surface area contributed by atoms with Crippen molar-refractivity contribution in [2.45, 2.75) is 70.2 Å². The van der Waals surface area contributed by atoms with E-state index >= 15 is 0 Å². The maximum atomic E-state index is 5.66. The van der Waals surface area contributed by atoms with Crippen LogP contribution in [0.15, 0.2) is 23.7 Å². The second-order valence-corrected chi connectivity index (χ2v) is 16.6. The molecule has 30 heavy (non-hydrogen) atoms. The molecule has 4 atom stereocenters. The third-order valence-electron chi connectivity index (χ3n) is 6.36. The molecular formula is C22H40Cl2N2O2SiTi-2. The quantitative estimate of drug-likeness (QED) is 0.303. The van der Waals surface area contributed by atoms with Gasteiger partial charge in [-0.2, -0.15) is 0 Å². The van der Waals surface area contributed by atoms with Crippen molar-refractivity contribution in [3.05, 3.63) is 36.1 Å². The average Bonchev–Trinajstić information content (AvgIpc) is 3.26. The number of ether oxygens (including phenoxy) is 2. The van der Waals surface area contributed by atoms with E-state index in [1.54, 1.807) is 14.2 Å². The van der Waals surface area contributed by atoms with Crippen LogP contribution in [-0.2, 0) is 26.5 Å². The minimum atomic E-state index is -1.75. The summed E-state index contributed by atoms with van der Waals surface area (Å²) < 4.78 is 11.3. The average molecular weight is 511 g/mol. The van der Waals surface area contributed by atoms with Crippen molar-refractivity contribution >= 4 is 26.8 Å². The first-order valence-corrected chi connectivity index (χ1v) is 17.9. The van der Waals surface area contributed by atoms with Gasteiger partial charge in [0.25, 0.3) is 0 Å². The Bertz CT molecular complexity index is 604. The number of methoxy groups -OCH3 is 2. The Morgan fingerprint density at radius 1 is 1.03 bits per heavy atom. The maximum absolute atomic E-state index is 5.66. The number of allylic oxidation sites excluding steroid dienone is 1. The molecule has 2 fully saturated rings. The van der Waals surface area contributed by atoms with E-state index < -0.39 is 25.3 Å². The zero-order valence-corrected chi connectivity index (χ0v) is 24.0. The second-order valence-electron chi connectivity index (χ2n) is 9.79. The van der Waals surface area contributed by atoms with Gasteiger partial charge in [-0.15, -0.1) is 5.54 Å². The monoisotopic (exact) mass is 510 g/mol. The van der Waals surface area contributed by atoms with Gasteiger partial charge in [0.15, 0.2) is 11.5 Å². The topological polar surface area (TPSA) is 35.8 Å². The summed E-state index contributed by atoms with van der Waals surface area (Å²) in [4.78, 5) is 8.09. The van der Waals surface area contributed by atoms with Gasteiger partial charge >= 0.3 is 35.6 Å². The van der Waals surface area contributed by atoms with E-state index in [0.29, 0.717) is 23.4 Å². The zero-order valence-electron chi connectivity index (χ0n) is 20.0. The Balaban J connectivity index is 0.00000106. The van der Waals surface area contributed by atoms with E-state index in [0.717, 1.165) is 11.5 Å². The van der Waals surface area contributed by atoms with Gasteiger partial charge in [0.05, 0.1) is 14.2 Å². The molecule has 3 aliphatic rings. The molecule has 0 aromatic heterocycles. The van der Waals surface area contributed by atoms with Gasteiger partial charge in [0, 0.05) is 12.0 Å². The zero-order chi connectivity index (χ0) is 21.8. The number of halogens is 2. The van der Waals surface area contributed by atoms with Gasteiger partial charge in [-0.25, -0.2) is 0 Å². The fraction of sp³-hybridized carbons (Fsp3) is 0.773. The molecule has 4 unspecified atom stereocenters. The molecule has 1 saturated heterocycles. The van der Waals surface area contributed by atoms with Crippen molar-refractivity contribution in [1.82, 2.24) is 4.90 Å². The van der Waals surface area contributed by atoms with Gasteiger partial charge in [-0.3, -0.25) is 4.90 Å². The molecule has 1 saturated carbocycles. The van der Waals surface area contributed by atoms with Crippen LogP contribution in [0.3, 0.4) is 0 Å². The van der Waals surface area contributed by atoms with E-state index in [9.17, 15) is 0 Å². The number of likely N-dealkylation sites (tertiary alicyclic amines) is 1. The van der Waals surface area contributed by atoms with Gasteiger partial charge in [0.1, 0.15) is 0 Å². The molecule has 8 heteroatoms. The summed E-state index contributed by atoms with van der Waals surface area (Å²) in [5.74, 6) is 2.85. The van der Waals surface area contributed by atoms with Crippen LogP contribution in [-0.4, -0.2) is 52.0 Å². The van der Waals surface area contributed by atoms with E-state index in [2.05, 4.69) is 50.9 Å². The number of nitrogens with zero attached hydrogens (tertiary/aromatic N) is 2. The van der Waals surface area contributed by atoms with Gasteiger partial charge in [0.2, 0.25) is 0 Å². The van der Waals surface area contributed by atoms with Gasteiger partial charge in [-0.05, 0) is 50.4 Å². The van der Waals surface area contributed by atoms with E-state index in [4.69, 9.17) is 33.1 Å². The summed E-state index contributed by atoms with van der Waals surface area (Å²) in [6, 6.07) is 0.620. The number of hydrogen-bond acceptors (Lipinski definition) is 3. The fourth-order valence-corrected chi connectivity index (χ4v) is 9.55. The van der Waals surface area contributed by atoms with Crippen LogP contribution < -0.4 is 0 Å². The summed E-state index contributed by atoms with van der Waals surface area (Å²) in [5, 5.41) is 0. The summed E-state index contributed by atoms with van der Waals surface area (Å²) in [6.07, 6.45) is 8.65. The standard InChI is InChI=1S/C21H37N2O2Si.CH3.2ClH.Ti/c1-21(2,3)22-26(6,7)20-14-17(23-10-8-9-11-23)15-12-18(24-4)19(25-5)13-16(15)20;;;;/h12-13,15-17,20H,8-11,14H2,1-7H3;1H3;2*1H;/q2*-1;;;+2/p-2. The number of fused-ring (bicyclic) bond motifs is 1. The number of hydrogen-bond donors (Lipinski definition) is 0. The first-order chi connectivity index (χ1) is 13.6. The van der Waals surface area contributed by atoms with Crippen molar-refractivity contribution < 1.29 is 26.5 Å². The Morgan fingerprint density at radius 3 is 1.93 bits per heavy atom. The molecule has 2 aliphatic carbocycles. The normalized spacial score (nSPS) is 29.0. The Labute approximate surface area is 202 Å². The molecule has 0 N–H and O–H groups in total. The minimum absolute atomic E-state index is 0. The molecule has 1 aliphatic heterocycles. The molecule has 1 heterocycles.